The zero-order chi connectivity index (χ0) is 18.4. The monoisotopic (exact) mass is 357 g/mol. The van der Waals surface area contributed by atoms with Crippen LogP contribution in [0.3, 0.4) is 0 Å². The molecule has 0 bridgehead atoms. The number of ether oxygens (including phenoxy) is 2. The Morgan fingerprint density at radius 3 is 2.92 bits per heavy atom. The summed E-state index contributed by atoms with van der Waals surface area (Å²) in [6.45, 7) is 2.30. The second-order valence-electron chi connectivity index (χ2n) is 6.22. The number of hydrogen-bond donors (Lipinski definition) is 2. The van der Waals surface area contributed by atoms with Crippen LogP contribution in [0.5, 0.6) is 11.5 Å². The van der Waals surface area contributed by atoms with Crippen molar-refractivity contribution in [2.45, 2.75) is 13.0 Å². The number of nitrogens with zero attached hydrogens (tertiary/aromatic N) is 3. The Bertz CT molecular complexity index is 766. The molecule has 3 rings (SSSR count). The van der Waals surface area contributed by atoms with Crippen LogP contribution in [0.15, 0.2) is 30.5 Å². The van der Waals surface area contributed by atoms with Crippen LogP contribution in [-0.2, 0) is 6.54 Å². The maximum Gasteiger partial charge on any atom is 0.270 e. The van der Waals surface area contributed by atoms with Crippen molar-refractivity contribution in [3.8, 4) is 11.5 Å². The number of fused-ring (bicyclic) bond motifs is 1. The Balaban J connectivity index is 1.53. The molecule has 138 valence electrons. The van der Waals surface area contributed by atoms with Crippen LogP contribution in [0.4, 0.5) is 5.95 Å². The maximum absolute atomic E-state index is 12.2. The summed E-state index contributed by atoms with van der Waals surface area (Å²) in [5.74, 6) is 1.69. The molecule has 2 heterocycles. The van der Waals surface area contributed by atoms with E-state index in [1.54, 1.807) is 12.3 Å². The fourth-order valence-electron chi connectivity index (χ4n) is 2.49. The minimum Gasteiger partial charge on any atom is -0.454 e. The van der Waals surface area contributed by atoms with Crippen molar-refractivity contribution < 1.29 is 14.3 Å². The van der Waals surface area contributed by atoms with Crippen LogP contribution in [0, 0.1) is 0 Å². The van der Waals surface area contributed by atoms with E-state index < -0.39 is 0 Å². The third-order valence-corrected chi connectivity index (χ3v) is 3.84. The topological polar surface area (TPSA) is 88.6 Å². The van der Waals surface area contributed by atoms with E-state index in [1.165, 1.54) is 0 Å². The molecule has 8 nitrogen and oxygen atoms in total. The summed E-state index contributed by atoms with van der Waals surface area (Å²) < 4.78 is 10.7. The van der Waals surface area contributed by atoms with E-state index in [1.807, 2.05) is 32.3 Å². The molecular formula is C18H23N5O3. The number of carbonyl (C=O) groups excluding carboxylic acids is 1. The Morgan fingerprint density at radius 2 is 2.08 bits per heavy atom. The summed E-state index contributed by atoms with van der Waals surface area (Å²) >= 11 is 0. The molecule has 2 N–H and O–H groups in total. The molecule has 0 fully saturated rings. The highest BCUT2D eigenvalue weighted by Gasteiger charge is 2.13. The van der Waals surface area contributed by atoms with Gasteiger partial charge in [-0.25, -0.2) is 9.97 Å². The lowest BCUT2D eigenvalue weighted by Gasteiger charge is -2.10. The van der Waals surface area contributed by atoms with Gasteiger partial charge in [-0.1, -0.05) is 6.07 Å². The first-order valence-corrected chi connectivity index (χ1v) is 8.50. The minimum atomic E-state index is -0.197. The predicted molar refractivity (Wildman–Crippen MR) is 97.4 cm³/mol. The summed E-state index contributed by atoms with van der Waals surface area (Å²) in [6.07, 6.45) is 2.46. The van der Waals surface area contributed by atoms with Crippen molar-refractivity contribution in [3.63, 3.8) is 0 Å². The van der Waals surface area contributed by atoms with Gasteiger partial charge in [0.05, 0.1) is 0 Å². The number of carbonyl (C=O) groups is 1. The normalized spacial score (nSPS) is 12.3. The Labute approximate surface area is 152 Å². The Kier molecular flexibility index (Phi) is 5.85. The van der Waals surface area contributed by atoms with Gasteiger partial charge in [0.2, 0.25) is 12.7 Å². The molecule has 0 aliphatic carbocycles. The Morgan fingerprint density at radius 1 is 1.23 bits per heavy atom. The molecule has 1 amide bonds. The van der Waals surface area contributed by atoms with E-state index in [0.29, 0.717) is 24.7 Å². The van der Waals surface area contributed by atoms with Crippen LogP contribution >= 0.6 is 0 Å². The zero-order valence-electron chi connectivity index (χ0n) is 15.0. The summed E-state index contributed by atoms with van der Waals surface area (Å²) in [6, 6.07) is 7.34. The van der Waals surface area contributed by atoms with Gasteiger partial charge in [-0.3, -0.25) is 4.79 Å². The number of benzene rings is 1. The van der Waals surface area contributed by atoms with Gasteiger partial charge in [-0.15, -0.1) is 0 Å². The molecule has 1 aromatic heterocycles. The van der Waals surface area contributed by atoms with Gasteiger partial charge in [0.1, 0.15) is 5.69 Å². The van der Waals surface area contributed by atoms with Crippen molar-refractivity contribution in [1.82, 2.24) is 20.2 Å². The number of nitrogens with one attached hydrogen (secondary N) is 2. The molecule has 2 aromatic rings. The first-order chi connectivity index (χ1) is 12.6. The number of amides is 1. The molecule has 0 radical (unpaired) electrons. The molecule has 1 aliphatic heterocycles. The summed E-state index contributed by atoms with van der Waals surface area (Å²) in [5.41, 5.74) is 1.36. The van der Waals surface area contributed by atoms with E-state index in [0.717, 1.165) is 30.0 Å². The first-order valence-electron chi connectivity index (χ1n) is 8.50. The molecule has 0 saturated carbocycles. The maximum atomic E-state index is 12.2. The Hall–Kier alpha value is -2.87. The standard InChI is InChI=1S/C18H23N5O3/c1-23(2)9-3-7-19-17(24)14-6-8-20-18(22-14)21-11-13-4-5-15-16(10-13)26-12-25-15/h4-6,8,10H,3,7,9,11-12H2,1-2H3,(H,19,24)(H,20,21,22). The molecule has 0 spiro atoms. The van der Waals surface area contributed by atoms with Gasteiger partial charge in [-0.05, 0) is 50.8 Å². The highest BCUT2D eigenvalue weighted by molar-refractivity contribution is 5.92. The fraction of sp³-hybridized carbons (Fsp3) is 0.389. The second-order valence-corrected chi connectivity index (χ2v) is 6.22. The second kappa shape index (κ2) is 8.48. The predicted octanol–water partition coefficient (Wildman–Crippen LogP) is 1.50. The quantitative estimate of drug-likeness (QED) is 0.692. The average Bonchev–Trinajstić information content (AvgIpc) is 3.11. The van der Waals surface area contributed by atoms with Crippen molar-refractivity contribution in [2.75, 3.05) is 39.3 Å². The zero-order valence-corrected chi connectivity index (χ0v) is 15.0. The molecular weight excluding hydrogens is 334 g/mol. The highest BCUT2D eigenvalue weighted by atomic mass is 16.7. The van der Waals surface area contributed by atoms with Crippen LogP contribution < -0.4 is 20.1 Å². The third kappa shape index (κ3) is 4.82. The number of anilines is 1. The molecule has 0 saturated heterocycles. The lowest BCUT2D eigenvalue weighted by molar-refractivity contribution is 0.0947. The molecule has 0 atom stereocenters. The molecule has 8 heteroatoms. The van der Waals surface area contributed by atoms with E-state index >= 15 is 0 Å². The van der Waals surface area contributed by atoms with Crippen molar-refractivity contribution in [1.29, 1.82) is 0 Å². The number of rotatable bonds is 8. The largest absolute Gasteiger partial charge is 0.454 e. The average molecular weight is 357 g/mol. The number of hydrogen-bond acceptors (Lipinski definition) is 7. The third-order valence-electron chi connectivity index (χ3n) is 3.84. The first kappa shape index (κ1) is 17.9. The van der Waals surface area contributed by atoms with Crippen LogP contribution in [0.25, 0.3) is 0 Å². The van der Waals surface area contributed by atoms with Crippen molar-refractivity contribution in [3.05, 3.63) is 41.7 Å². The van der Waals surface area contributed by atoms with Gasteiger partial charge in [0, 0.05) is 19.3 Å². The van der Waals surface area contributed by atoms with Crippen LogP contribution in [-0.4, -0.2) is 54.8 Å². The molecule has 26 heavy (non-hydrogen) atoms. The summed E-state index contributed by atoms with van der Waals surface area (Å²) in [4.78, 5) is 22.7. The summed E-state index contributed by atoms with van der Waals surface area (Å²) in [7, 11) is 4.01. The SMILES string of the molecule is CN(C)CCCNC(=O)c1ccnc(NCc2ccc3c(c2)OCO3)n1. The fourth-order valence-corrected chi connectivity index (χ4v) is 2.49. The molecule has 0 unspecified atom stereocenters. The molecule has 1 aromatic carbocycles. The smallest absolute Gasteiger partial charge is 0.270 e. The van der Waals surface area contributed by atoms with Crippen LogP contribution in [0.2, 0.25) is 0 Å². The number of aromatic nitrogens is 2. The van der Waals surface area contributed by atoms with Gasteiger partial charge in [0.15, 0.2) is 11.5 Å². The van der Waals surface area contributed by atoms with Crippen molar-refractivity contribution >= 4 is 11.9 Å². The minimum absolute atomic E-state index is 0.197. The van der Waals surface area contributed by atoms with Gasteiger partial charge in [-0.2, -0.15) is 0 Å². The van der Waals surface area contributed by atoms with Crippen molar-refractivity contribution in [2.24, 2.45) is 0 Å². The van der Waals surface area contributed by atoms with Gasteiger partial charge < -0.3 is 25.0 Å². The highest BCUT2D eigenvalue weighted by Crippen LogP contribution is 2.32. The lowest BCUT2D eigenvalue weighted by atomic mass is 10.2. The van der Waals surface area contributed by atoms with Gasteiger partial charge in [0.25, 0.3) is 5.91 Å². The van der Waals surface area contributed by atoms with Gasteiger partial charge >= 0.3 is 0 Å². The van der Waals surface area contributed by atoms with Crippen LogP contribution in [0.1, 0.15) is 22.5 Å². The lowest BCUT2D eigenvalue weighted by Crippen LogP contribution is -2.28. The van der Waals surface area contributed by atoms with E-state index in [2.05, 4.69) is 25.5 Å². The van der Waals surface area contributed by atoms with E-state index in [4.69, 9.17) is 9.47 Å². The van der Waals surface area contributed by atoms with E-state index in [-0.39, 0.29) is 12.7 Å². The van der Waals surface area contributed by atoms with E-state index in [9.17, 15) is 4.79 Å². The summed E-state index contributed by atoms with van der Waals surface area (Å²) in [5, 5.41) is 5.99. The molecule has 1 aliphatic rings.